The Hall–Kier alpha value is -2.87. The Morgan fingerprint density at radius 2 is 1.96 bits per heavy atom. The molecule has 8 heteroatoms. The quantitative estimate of drug-likeness (QED) is 0.660. The van der Waals surface area contributed by atoms with E-state index in [2.05, 4.69) is 20.5 Å². The van der Waals surface area contributed by atoms with Crippen LogP contribution in [-0.4, -0.2) is 26.8 Å². The first kappa shape index (κ1) is 16.0. The Bertz CT molecular complexity index is 780. The van der Waals surface area contributed by atoms with Crippen molar-refractivity contribution in [3.8, 4) is 5.75 Å². The van der Waals surface area contributed by atoms with Crippen LogP contribution >= 0.6 is 11.8 Å². The average Bonchev–Trinajstić information content (AvgIpc) is 3.08. The molecule has 0 unspecified atom stereocenters. The van der Waals surface area contributed by atoms with Crippen LogP contribution in [0.3, 0.4) is 0 Å². The number of rotatable bonds is 7. The molecule has 2 aromatic heterocycles. The highest BCUT2D eigenvalue weighted by Gasteiger charge is 2.10. The first-order valence-electron chi connectivity index (χ1n) is 7.13. The van der Waals surface area contributed by atoms with Crippen LogP contribution in [0.25, 0.3) is 0 Å². The van der Waals surface area contributed by atoms with Crippen molar-refractivity contribution in [1.82, 2.24) is 15.2 Å². The molecule has 0 aliphatic rings. The van der Waals surface area contributed by atoms with Crippen LogP contribution in [0.15, 0.2) is 64.4 Å². The summed E-state index contributed by atoms with van der Waals surface area (Å²) < 4.78 is 10.9. The normalized spacial score (nSPS) is 10.3. The van der Waals surface area contributed by atoms with Gasteiger partial charge in [-0.3, -0.25) is 4.79 Å². The van der Waals surface area contributed by atoms with Gasteiger partial charge in [-0.25, -0.2) is 4.98 Å². The van der Waals surface area contributed by atoms with Gasteiger partial charge in [0.05, 0.1) is 5.75 Å². The zero-order chi connectivity index (χ0) is 16.6. The fourth-order valence-electron chi connectivity index (χ4n) is 1.76. The maximum absolute atomic E-state index is 11.8. The summed E-state index contributed by atoms with van der Waals surface area (Å²) in [6.07, 6.45) is 1.61. The van der Waals surface area contributed by atoms with E-state index in [0.29, 0.717) is 16.9 Å². The van der Waals surface area contributed by atoms with Crippen molar-refractivity contribution >= 4 is 23.5 Å². The van der Waals surface area contributed by atoms with Gasteiger partial charge in [-0.05, 0) is 24.3 Å². The molecule has 0 aliphatic carbocycles. The largest absolute Gasteiger partial charge is 0.484 e. The molecule has 3 aromatic rings. The maximum Gasteiger partial charge on any atom is 0.277 e. The molecular weight excluding hydrogens is 328 g/mol. The van der Waals surface area contributed by atoms with E-state index in [-0.39, 0.29) is 18.3 Å². The van der Waals surface area contributed by atoms with Gasteiger partial charge in [-0.15, -0.1) is 10.2 Å². The van der Waals surface area contributed by atoms with Crippen molar-refractivity contribution in [2.75, 3.05) is 11.1 Å². The molecule has 0 saturated carbocycles. The second-order valence-corrected chi connectivity index (χ2v) is 5.54. The van der Waals surface area contributed by atoms with Gasteiger partial charge < -0.3 is 14.5 Å². The zero-order valence-corrected chi connectivity index (χ0v) is 13.4. The summed E-state index contributed by atoms with van der Waals surface area (Å²) in [5.41, 5.74) is 0. The van der Waals surface area contributed by atoms with Crippen LogP contribution in [-0.2, 0) is 11.4 Å². The van der Waals surface area contributed by atoms with Gasteiger partial charge in [0.1, 0.15) is 11.6 Å². The smallest absolute Gasteiger partial charge is 0.277 e. The number of aromatic nitrogens is 3. The fourth-order valence-corrected chi connectivity index (χ4v) is 2.34. The molecule has 0 fully saturated rings. The van der Waals surface area contributed by atoms with E-state index in [1.54, 1.807) is 24.4 Å². The lowest BCUT2D eigenvalue weighted by molar-refractivity contribution is -0.113. The summed E-state index contributed by atoms with van der Waals surface area (Å²) in [5.74, 6) is 1.54. The maximum atomic E-state index is 11.8. The topological polar surface area (TPSA) is 90.1 Å². The molecule has 1 N–H and O–H groups in total. The predicted molar refractivity (Wildman–Crippen MR) is 88.7 cm³/mol. The Kier molecular flexibility index (Phi) is 5.41. The van der Waals surface area contributed by atoms with Crippen molar-refractivity contribution in [2.45, 2.75) is 11.8 Å². The van der Waals surface area contributed by atoms with Gasteiger partial charge in [0.25, 0.3) is 11.1 Å². The monoisotopic (exact) mass is 342 g/mol. The Morgan fingerprint density at radius 1 is 1.12 bits per heavy atom. The third-order valence-corrected chi connectivity index (χ3v) is 3.63. The first-order valence-corrected chi connectivity index (χ1v) is 8.12. The number of pyridine rings is 1. The number of nitrogens with zero attached hydrogens (tertiary/aromatic N) is 3. The number of carbonyl (C=O) groups excluding carboxylic acids is 1. The fraction of sp³-hybridized carbons (Fsp3) is 0.125. The Labute approximate surface area is 142 Å². The summed E-state index contributed by atoms with van der Waals surface area (Å²) in [4.78, 5) is 15.8. The van der Waals surface area contributed by atoms with Gasteiger partial charge in [0.15, 0.2) is 6.61 Å². The Balaban J connectivity index is 1.45. The third kappa shape index (κ3) is 4.82. The minimum Gasteiger partial charge on any atom is -0.484 e. The number of ether oxygens (including phenoxy) is 1. The van der Waals surface area contributed by atoms with E-state index >= 15 is 0 Å². The van der Waals surface area contributed by atoms with Gasteiger partial charge in [-0.2, -0.15) is 0 Å². The van der Waals surface area contributed by atoms with Crippen molar-refractivity contribution in [3.63, 3.8) is 0 Å². The highest BCUT2D eigenvalue weighted by atomic mass is 32.2. The van der Waals surface area contributed by atoms with Crippen LogP contribution in [0, 0.1) is 0 Å². The van der Waals surface area contributed by atoms with Gasteiger partial charge >= 0.3 is 0 Å². The molecule has 0 saturated heterocycles. The second kappa shape index (κ2) is 8.11. The average molecular weight is 342 g/mol. The van der Waals surface area contributed by atoms with E-state index < -0.39 is 0 Å². The summed E-state index contributed by atoms with van der Waals surface area (Å²) in [5, 5.41) is 10.8. The van der Waals surface area contributed by atoms with E-state index in [1.807, 2.05) is 30.3 Å². The van der Waals surface area contributed by atoms with Crippen LogP contribution in [0.1, 0.15) is 5.89 Å². The lowest BCUT2D eigenvalue weighted by atomic mass is 10.3. The SMILES string of the molecule is O=C(CSc1nnc(COc2ccccc2)o1)Nc1ccccn1. The van der Waals surface area contributed by atoms with Crippen molar-refractivity contribution < 1.29 is 13.9 Å². The van der Waals surface area contributed by atoms with Gasteiger partial charge in [0.2, 0.25) is 5.91 Å². The van der Waals surface area contributed by atoms with Crippen molar-refractivity contribution in [3.05, 3.63) is 60.6 Å². The highest BCUT2D eigenvalue weighted by molar-refractivity contribution is 7.99. The predicted octanol–water partition coefficient (Wildman–Crippen LogP) is 2.77. The molecule has 0 spiro atoms. The number of para-hydroxylation sites is 1. The molecule has 0 radical (unpaired) electrons. The number of carbonyl (C=O) groups is 1. The summed E-state index contributed by atoms with van der Waals surface area (Å²) in [7, 11) is 0. The molecule has 0 bridgehead atoms. The number of anilines is 1. The molecule has 1 amide bonds. The van der Waals surface area contributed by atoms with Gasteiger partial charge in [0, 0.05) is 6.20 Å². The minimum absolute atomic E-state index is 0.151. The second-order valence-electron chi connectivity index (χ2n) is 4.62. The van der Waals surface area contributed by atoms with E-state index in [1.165, 1.54) is 0 Å². The van der Waals surface area contributed by atoms with E-state index in [0.717, 1.165) is 17.5 Å². The van der Waals surface area contributed by atoms with E-state index in [9.17, 15) is 4.79 Å². The number of hydrogen-bond donors (Lipinski definition) is 1. The first-order chi connectivity index (χ1) is 11.8. The molecule has 0 aliphatic heterocycles. The summed E-state index contributed by atoms with van der Waals surface area (Å²) in [6.45, 7) is 0.178. The standard InChI is InChI=1S/C16H14N4O3S/c21-14(18-13-8-4-5-9-17-13)11-24-16-20-19-15(23-16)10-22-12-6-2-1-3-7-12/h1-9H,10-11H2,(H,17,18,21). The summed E-state index contributed by atoms with van der Waals surface area (Å²) in [6, 6.07) is 14.6. The van der Waals surface area contributed by atoms with Crippen molar-refractivity contribution in [1.29, 1.82) is 0 Å². The van der Waals surface area contributed by atoms with Gasteiger partial charge in [-0.1, -0.05) is 36.0 Å². The molecule has 1 aromatic carbocycles. The number of benzene rings is 1. The molecule has 2 heterocycles. The van der Waals surface area contributed by atoms with E-state index in [4.69, 9.17) is 9.15 Å². The lowest BCUT2D eigenvalue weighted by Gasteiger charge is -2.02. The lowest BCUT2D eigenvalue weighted by Crippen LogP contribution is -2.14. The Morgan fingerprint density at radius 3 is 2.75 bits per heavy atom. The van der Waals surface area contributed by atoms with Crippen LogP contribution < -0.4 is 10.1 Å². The third-order valence-electron chi connectivity index (χ3n) is 2.81. The molecule has 0 atom stereocenters. The number of hydrogen-bond acceptors (Lipinski definition) is 7. The molecular formula is C16H14N4O3S. The van der Waals surface area contributed by atoms with Crippen LogP contribution in [0.5, 0.6) is 5.75 Å². The highest BCUT2D eigenvalue weighted by Crippen LogP contribution is 2.17. The number of amides is 1. The number of thioether (sulfide) groups is 1. The zero-order valence-electron chi connectivity index (χ0n) is 12.6. The molecule has 7 nitrogen and oxygen atoms in total. The molecule has 3 rings (SSSR count). The van der Waals surface area contributed by atoms with Crippen molar-refractivity contribution in [2.24, 2.45) is 0 Å². The minimum atomic E-state index is -0.195. The van der Waals surface area contributed by atoms with Crippen LogP contribution in [0.2, 0.25) is 0 Å². The summed E-state index contributed by atoms with van der Waals surface area (Å²) >= 11 is 1.15. The number of nitrogens with one attached hydrogen (secondary N) is 1. The molecule has 122 valence electrons. The van der Waals surface area contributed by atoms with Crippen LogP contribution in [0.4, 0.5) is 5.82 Å². The molecule has 24 heavy (non-hydrogen) atoms.